The third-order valence-corrected chi connectivity index (χ3v) is 10.5. The molecule has 0 saturated heterocycles. The minimum absolute atomic E-state index is 0.245. The molecule has 0 radical (unpaired) electrons. The van der Waals surface area contributed by atoms with E-state index in [1.807, 2.05) is 60.7 Å². The highest BCUT2D eigenvalue weighted by Gasteiger charge is 2.37. The SMILES string of the molecule is COC(=O)c1c(C(=O)OC)c(-c2ccccc2)c2c(c1-c1ccccc1)Cc1c(c(-c3ccccc3)c3c(c1-c1ccccc1)CCCC3)C2. The largest absolute Gasteiger partial charge is 0.465 e. The van der Waals surface area contributed by atoms with Gasteiger partial charge in [0.05, 0.1) is 25.3 Å². The Morgan fingerprint density at radius 3 is 0.980 bits per heavy atom. The van der Waals surface area contributed by atoms with Crippen LogP contribution in [0.4, 0.5) is 0 Å². The summed E-state index contributed by atoms with van der Waals surface area (Å²) in [5.41, 5.74) is 16.3. The summed E-state index contributed by atoms with van der Waals surface area (Å²) in [6.45, 7) is 0. The molecule has 0 bridgehead atoms. The van der Waals surface area contributed by atoms with Crippen molar-refractivity contribution in [3.8, 4) is 44.5 Å². The van der Waals surface area contributed by atoms with Crippen molar-refractivity contribution in [1.29, 1.82) is 0 Å². The molecule has 0 amide bonds. The van der Waals surface area contributed by atoms with E-state index in [2.05, 4.69) is 60.7 Å². The molecular weight excluding hydrogens is 617 g/mol. The van der Waals surface area contributed by atoms with Crippen molar-refractivity contribution in [2.24, 2.45) is 0 Å². The molecule has 2 aliphatic rings. The summed E-state index contributed by atoms with van der Waals surface area (Å²) in [6.07, 6.45) is 5.54. The molecule has 0 aromatic heterocycles. The molecule has 4 heteroatoms. The van der Waals surface area contributed by atoms with Gasteiger partial charge in [0.25, 0.3) is 0 Å². The Hall–Kier alpha value is -5.74. The lowest BCUT2D eigenvalue weighted by Gasteiger charge is -2.35. The van der Waals surface area contributed by atoms with Crippen LogP contribution < -0.4 is 0 Å². The molecule has 50 heavy (non-hydrogen) atoms. The smallest absolute Gasteiger partial charge is 0.339 e. The predicted molar refractivity (Wildman–Crippen MR) is 200 cm³/mol. The molecule has 0 heterocycles. The lowest BCUT2D eigenvalue weighted by Crippen LogP contribution is -2.23. The molecule has 2 aliphatic carbocycles. The molecule has 0 spiro atoms. The Morgan fingerprint density at radius 1 is 0.400 bits per heavy atom. The topological polar surface area (TPSA) is 52.6 Å². The normalized spacial score (nSPS) is 13.1. The van der Waals surface area contributed by atoms with Gasteiger partial charge in [-0.3, -0.25) is 0 Å². The molecule has 0 N–H and O–H groups in total. The minimum Gasteiger partial charge on any atom is -0.465 e. The first-order chi connectivity index (χ1) is 24.6. The maximum atomic E-state index is 14.1. The van der Waals surface area contributed by atoms with Crippen LogP contribution in [0, 0.1) is 0 Å². The molecule has 0 fully saturated rings. The first-order valence-electron chi connectivity index (χ1n) is 17.4. The van der Waals surface area contributed by atoms with Gasteiger partial charge in [0.15, 0.2) is 0 Å². The van der Waals surface area contributed by atoms with Gasteiger partial charge in [0.1, 0.15) is 0 Å². The van der Waals surface area contributed by atoms with Crippen molar-refractivity contribution in [2.75, 3.05) is 14.2 Å². The van der Waals surface area contributed by atoms with E-state index in [-0.39, 0.29) is 11.1 Å². The van der Waals surface area contributed by atoms with E-state index in [0.29, 0.717) is 12.8 Å². The summed E-state index contributed by atoms with van der Waals surface area (Å²) >= 11 is 0. The number of carbonyl (C=O) groups is 2. The van der Waals surface area contributed by atoms with Gasteiger partial charge < -0.3 is 9.47 Å². The van der Waals surface area contributed by atoms with Crippen LogP contribution in [0.2, 0.25) is 0 Å². The van der Waals surface area contributed by atoms with Gasteiger partial charge in [0.2, 0.25) is 0 Å². The molecule has 0 saturated carbocycles. The van der Waals surface area contributed by atoms with Crippen LogP contribution in [0.5, 0.6) is 0 Å². The number of hydrogen-bond donors (Lipinski definition) is 0. The molecule has 0 atom stereocenters. The number of hydrogen-bond acceptors (Lipinski definition) is 4. The van der Waals surface area contributed by atoms with Crippen molar-refractivity contribution < 1.29 is 19.1 Å². The van der Waals surface area contributed by atoms with E-state index in [1.165, 1.54) is 58.7 Å². The van der Waals surface area contributed by atoms with Crippen molar-refractivity contribution >= 4 is 11.9 Å². The van der Waals surface area contributed by atoms with Gasteiger partial charge in [-0.2, -0.15) is 0 Å². The molecule has 0 unspecified atom stereocenters. The van der Waals surface area contributed by atoms with Crippen molar-refractivity contribution in [3.63, 3.8) is 0 Å². The van der Waals surface area contributed by atoms with Crippen LogP contribution >= 0.6 is 0 Å². The Bertz CT molecular complexity index is 2080. The van der Waals surface area contributed by atoms with Crippen LogP contribution in [0.3, 0.4) is 0 Å². The maximum Gasteiger partial charge on any atom is 0.339 e. The zero-order valence-corrected chi connectivity index (χ0v) is 28.4. The quantitative estimate of drug-likeness (QED) is 0.168. The van der Waals surface area contributed by atoms with Gasteiger partial charge in [-0.15, -0.1) is 0 Å². The second-order valence-electron chi connectivity index (χ2n) is 13.1. The lowest BCUT2D eigenvalue weighted by molar-refractivity contribution is 0.0556. The Labute approximate surface area is 293 Å². The maximum absolute atomic E-state index is 14.1. The number of carbonyl (C=O) groups excluding carboxylic acids is 2. The van der Waals surface area contributed by atoms with E-state index in [0.717, 1.165) is 59.1 Å². The van der Waals surface area contributed by atoms with Crippen LogP contribution in [0.1, 0.15) is 66.9 Å². The van der Waals surface area contributed by atoms with Gasteiger partial charge in [0, 0.05) is 11.1 Å². The van der Waals surface area contributed by atoms with E-state index < -0.39 is 11.9 Å². The molecule has 246 valence electrons. The molecule has 4 nitrogen and oxygen atoms in total. The van der Waals surface area contributed by atoms with Crippen LogP contribution in [-0.2, 0) is 35.2 Å². The third-order valence-electron chi connectivity index (χ3n) is 10.5. The lowest BCUT2D eigenvalue weighted by atomic mass is 9.68. The number of benzene rings is 6. The van der Waals surface area contributed by atoms with E-state index >= 15 is 0 Å². The van der Waals surface area contributed by atoms with E-state index in [4.69, 9.17) is 9.47 Å². The Morgan fingerprint density at radius 2 is 0.680 bits per heavy atom. The summed E-state index contributed by atoms with van der Waals surface area (Å²) in [7, 11) is 2.75. The van der Waals surface area contributed by atoms with Gasteiger partial charge in [-0.1, -0.05) is 121 Å². The molecule has 6 aromatic rings. The highest BCUT2D eigenvalue weighted by atomic mass is 16.5. The van der Waals surface area contributed by atoms with Gasteiger partial charge >= 0.3 is 11.9 Å². The highest BCUT2D eigenvalue weighted by molar-refractivity contribution is 6.13. The number of esters is 2. The second-order valence-corrected chi connectivity index (χ2v) is 13.1. The standard InChI is InChI=1S/C46H38O4/c1-49-45(47)43-41(31-21-11-5-12-22-31)37-27-35-36(28-38(37)42(44(43)46(48)50-2)32-23-13-6-14-24-32)40(30-19-9-4-10-20-30)34-26-16-15-25-33(34)39(35)29-17-7-3-8-18-29/h3-14,17-24H,15-16,25-28H2,1-2H3. The minimum atomic E-state index is -0.561. The summed E-state index contributed by atoms with van der Waals surface area (Å²) in [4.78, 5) is 28.1. The number of methoxy groups -OCH3 is 2. The fraction of sp³-hybridized carbons (Fsp3) is 0.174. The third kappa shape index (κ3) is 5.23. The molecule has 8 rings (SSSR count). The van der Waals surface area contributed by atoms with Crippen LogP contribution in [-0.4, -0.2) is 26.2 Å². The van der Waals surface area contributed by atoms with E-state index in [1.54, 1.807) is 0 Å². The summed E-state index contributed by atoms with van der Waals surface area (Å²) in [5, 5.41) is 0. The molecular formula is C46H38O4. The average molecular weight is 655 g/mol. The summed E-state index contributed by atoms with van der Waals surface area (Å²) in [5.74, 6) is -1.12. The monoisotopic (exact) mass is 654 g/mol. The molecule has 0 aliphatic heterocycles. The predicted octanol–water partition coefficient (Wildman–Crippen LogP) is 10.3. The number of rotatable bonds is 6. The fourth-order valence-corrected chi connectivity index (χ4v) is 8.48. The summed E-state index contributed by atoms with van der Waals surface area (Å²) in [6, 6.07) is 41.5. The van der Waals surface area contributed by atoms with Crippen molar-refractivity contribution in [1.82, 2.24) is 0 Å². The molecule has 6 aromatic carbocycles. The number of fused-ring (bicyclic) bond motifs is 3. The fourth-order valence-electron chi connectivity index (χ4n) is 8.48. The Balaban J connectivity index is 1.56. The van der Waals surface area contributed by atoms with Crippen molar-refractivity contribution in [2.45, 2.75) is 38.5 Å². The highest BCUT2D eigenvalue weighted by Crippen LogP contribution is 2.51. The number of ether oxygens (including phenoxy) is 2. The van der Waals surface area contributed by atoms with Crippen molar-refractivity contribution in [3.05, 3.63) is 166 Å². The van der Waals surface area contributed by atoms with E-state index in [9.17, 15) is 9.59 Å². The first-order valence-corrected chi connectivity index (χ1v) is 17.4. The summed E-state index contributed by atoms with van der Waals surface area (Å²) < 4.78 is 11.0. The Kier molecular flexibility index (Phi) is 8.38. The second kappa shape index (κ2) is 13.3. The first kappa shape index (κ1) is 31.5. The zero-order chi connectivity index (χ0) is 34.2. The zero-order valence-electron chi connectivity index (χ0n) is 28.4. The van der Waals surface area contributed by atoms with Crippen LogP contribution in [0.15, 0.2) is 121 Å². The van der Waals surface area contributed by atoms with Crippen LogP contribution in [0.25, 0.3) is 44.5 Å². The van der Waals surface area contributed by atoms with Gasteiger partial charge in [-0.25, -0.2) is 9.59 Å². The average Bonchev–Trinajstić information content (AvgIpc) is 3.19. The van der Waals surface area contributed by atoms with Gasteiger partial charge in [-0.05, 0) is 105 Å².